The summed E-state index contributed by atoms with van der Waals surface area (Å²) in [5.41, 5.74) is -0.672. The van der Waals surface area contributed by atoms with Crippen molar-refractivity contribution in [1.29, 1.82) is 0 Å². The summed E-state index contributed by atoms with van der Waals surface area (Å²) in [6.07, 6.45) is 0.725. The molecule has 0 bridgehead atoms. The molecule has 0 saturated carbocycles. The lowest BCUT2D eigenvalue weighted by Gasteiger charge is -2.29. The molecule has 0 aliphatic heterocycles. The molecule has 0 aliphatic carbocycles. The molecule has 0 N–H and O–H groups in total. The Labute approximate surface area is 135 Å². The number of rotatable bonds is 5. The zero-order chi connectivity index (χ0) is 16.8. The molecule has 6 heteroatoms. The van der Waals surface area contributed by atoms with E-state index in [-0.39, 0.29) is 0 Å². The van der Waals surface area contributed by atoms with E-state index in [0.717, 1.165) is 16.8 Å². The van der Waals surface area contributed by atoms with Crippen molar-refractivity contribution in [2.45, 2.75) is 37.3 Å². The average molecular weight is 323 g/mol. The molecule has 0 aromatic heterocycles. The maximum Gasteiger partial charge on any atom is 0.421 e. The number of amides is 1. The number of methoxy groups -OCH3 is 1. The number of hydrogen-bond acceptors (Lipinski definition) is 5. The number of hydrogen-bond donors (Lipinski definition) is 0. The van der Waals surface area contributed by atoms with E-state index in [4.69, 9.17) is 9.47 Å². The molecule has 5 nitrogen and oxygen atoms in total. The SMILES string of the molecule is C=CC(C(=O)OC)N(Sc1ccccc1)C(=O)OC(C)(C)C. The molecule has 1 aromatic carbocycles. The van der Waals surface area contributed by atoms with Gasteiger partial charge in [-0.25, -0.2) is 13.9 Å². The maximum absolute atomic E-state index is 12.4. The van der Waals surface area contributed by atoms with Gasteiger partial charge in [0.25, 0.3) is 0 Å². The largest absolute Gasteiger partial charge is 0.467 e. The number of benzene rings is 1. The first kappa shape index (κ1) is 18.1. The number of carbonyl (C=O) groups is 2. The molecule has 1 amide bonds. The molecular formula is C16H21NO4S. The van der Waals surface area contributed by atoms with Crippen molar-refractivity contribution in [3.63, 3.8) is 0 Å². The normalized spacial score (nSPS) is 12.2. The van der Waals surface area contributed by atoms with E-state index in [1.54, 1.807) is 20.8 Å². The van der Waals surface area contributed by atoms with Gasteiger partial charge in [-0.15, -0.1) is 6.58 Å². The van der Waals surface area contributed by atoms with E-state index >= 15 is 0 Å². The van der Waals surface area contributed by atoms with Gasteiger partial charge in [-0.3, -0.25) is 0 Å². The minimum atomic E-state index is -0.940. The van der Waals surface area contributed by atoms with Crippen LogP contribution in [0.4, 0.5) is 4.79 Å². The van der Waals surface area contributed by atoms with E-state index in [2.05, 4.69) is 6.58 Å². The number of nitrogens with zero attached hydrogens (tertiary/aromatic N) is 1. The van der Waals surface area contributed by atoms with Crippen LogP contribution in [-0.2, 0) is 14.3 Å². The first-order valence-corrected chi connectivity index (χ1v) is 7.51. The second kappa shape index (κ2) is 7.89. The summed E-state index contributed by atoms with van der Waals surface area (Å²) < 4.78 is 11.3. The fourth-order valence-electron chi connectivity index (χ4n) is 1.52. The molecule has 0 fully saturated rings. The van der Waals surface area contributed by atoms with Gasteiger partial charge in [-0.05, 0) is 44.9 Å². The summed E-state index contributed by atoms with van der Waals surface area (Å²) in [7, 11) is 1.26. The third-order valence-corrected chi connectivity index (χ3v) is 3.49. The Morgan fingerprint density at radius 2 is 1.86 bits per heavy atom. The molecular weight excluding hydrogens is 302 g/mol. The highest BCUT2D eigenvalue weighted by molar-refractivity contribution is 7.97. The van der Waals surface area contributed by atoms with Crippen LogP contribution in [0, 0.1) is 0 Å². The lowest BCUT2D eigenvalue weighted by Crippen LogP contribution is -2.42. The van der Waals surface area contributed by atoms with E-state index in [1.807, 2.05) is 30.3 Å². The Morgan fingerprint density at radius 3 is 2.32 bits per heavy atom. The van der Waals surface area contributed by atoms with Crippen molar-refractivity contribution in [2.75, 3.05) is 7.11 Å². The minimum absolute atomic E-state index is 0.579. The van der Waals surface area contributed by atoms with Crippen molar-refractivity contribution in [1.82, 2.24) is 4.31 Å². The average Bonchev–Trinajstić information content (AvgIpc) is 2.46. The van der Waals surface area contributed by atoms with Gasteiger partial charge < -0.3 is 9.47 Å². The monoisotopic (exact) mass is 323 g/mol. The maximum atomic E-state index is 12.4. The summed E-state index contributed by atoms with van der Waals surface area (Å²) in [6, 6.07) is 8.28. The molecule has 120 valence electrons. The highest BCUT2D eigenvalue weighted by Gasteiger charge is 2.33. The standard InChI is InChI=1S/C16H21NO4S/c1-6-13(14(18)20-5)17(15(19)21-16(2,3)4)22-12-10-8-7-9-11-12/h6-11,13H,1H2,2-5H3. The first-order valence-electron chi connectivity index (χ1n) is 6.74. The van der Waals surface area contributed by atoms with Crippen molar-refractivity contribution in [3.05, 3.63) is 43.0 Å². The fourth-order valence-corrected chi connectivity index (χ4v) is 2.42. The van der Waals surface area contributed by atoms with Gasteiger partial charge in [-0.1, -0.05) is 24.3 Å². The Morgan fingerprint density at radius 1 is 1.27 bits per heavy atom. The Balaban J connectivity index is 3.05. The number of carbonyl (C=O) groups excluding carboxylic acids is 2. The summed E-state index contributed by atoms with van der Waals surface area (Å²) in [4.78, 5) is 25.1. The zero-order valence-corrected chi connectivity index (χ0v) is 14.1. The number of ether oxygens (including phenoxy) is 2. The molecule has 0 aliphatic rings. The zero-order valence-electron chi connectivity index (χ0n) is 13.2. The second-order valence-electron chi connectivity index (χ2n) is 5.41. The van der Waals surface area contributed by atoms with Crippen molar-refractivity contribution in [2.24, 2.45) is 0 Å². The Bertz CT molecular complexity index is 525. The van der Waals surface area contributed by atoms with Crippen molar-refractivity contribution < 1.29 is 19.1 Å². The smallest absolute Gasteiger partial charge is 0.421 e. The van der Waals surface area contributed by atoms with Gasteiger partial charge in [0.05, 0.1) is 7.11 Å². The molecule has 1 rings (SSSR count). The highest BCUT2D eigenvalue weighted by Crippen LogP contribution is 2.28. The van der Waals surface area contributed by atoms with Crippen molar-refractivity contribution in [3.8, 4) is 0 Å². The van der Waals surface area contributed by atoms with Crippen LogP contribution in [-0.4, -0.2) is 35.1 Å². The first-order chi connectivity index (χ1) is 10.3. The van der Waals surface area contributed by atoms with Crippen LogP contribution in [0.5, 0.6) is 0 Å². The van der Waals surface area contributed by atoms with Crippen LogP contribution >= 0.6 is 11.9 Å². The van der Waals surface area contributed by atoms with Gasteiger partial charge in [0, 0.05) is 4.90 Å². The van der Waals surface area contributed by atoms with Crippen LogP contribution in [0.25, 0.3) is 0 Å². The summed E-state index contributed by atoms with van der Waals surface area (Å²) in [6.45, 7) is 8.89. The van der Waals surface area contributed by atoms with Crippen molar-refractivity contribution >= 4 is 24.0 Å². The Hall–Kier alpha value is -1.95. The van der Waals surface area contributed by atoms with E-state index in [9.17, 15) is 9.59 Å². The topological polar surface area (TPSA) is 55.8 Å². The highest BCUT2D eigenvalue weighted by atomic mass is 32.2. The molecule has 22 heavy (non-hydrogen) atoms. The van der Waals surface area contributed by atoms with Gasteiger partial charge >= 0.3 is 12.1 Å². The van der Waals surface area contributed by atoms with Crippen LogP contribution in [0.2, 0.25) is 0 Å². The minimum Gasteiger partial charge on any atom is -0.467 e. The fraction of sp³-hybridized carbons (Fsp3) is 0.375. The molecule has 0 heterocycles. The molecule has 1 unspecified atom stereocenters. The quantitative estimate of drug-likeness (QED) is 0.470. The van der Waals surface area contributed by atoms with Crippen LogP contribution < -0.4 is 0 Å². The third-order valence-electron chi connectivity index (χ3n) is 2.44. The molecule has 0 radical (unpaired) electrons. The van der Waals surface area contributed by atoms with E-state index in [0.29, 0.717) is 0 Å². The molecule has 1 atom stereocenters. The Kier molecular flexibility index (Phi) is 6.49. The van der Waals surface area contributed by atoms with E-state index < -0.39 is 23.7 Å². The van der Waals surface area contributed by atoms with Gasteiger partial charge in [0.1, 0.15) is 5.60 Å². The van der Waals surface area contributed by atoms with E-state index in [1.165, 1.54) is 17.5 Å². The predicted octanol–water partition coefficient (Wildman–Crippen LogP) is 3.66. The lowest BCUT2D eigenvalue weighted by molar-refractivity contribution is -0.143. The van der Waals surface area contributed by atoms with Crippen LogP contribution in [0.1, 0.15) is 20.8 Å². The van der Waals surface area contributed by atoms with Crippen LogP contribution in [0.3, 0.4) is 0 Å². The summed E-state index contributed by atoms with van der Waals surface area (Å²) in [5.74, 6) is -0.579. The summed E-state index contributed by atoms with van der Waals surface area (Å²) >= 11 is 1.10. The molecule has 0 spiro atoms. The lowest BCUT2D eigenvalue weighted by atomic mass is 10.2. The molecule has 0 saturated heterocycles. The van der Waals surface area contributed by atoms with Gasteiger partial charge in [0.15, 0.2) is 6.04 Å². The third kappa shape index (κ3) is 5.44. The predicted molar refractivity (Wildman–Crippen MR) is 86.4 cm³/mol. The number of esters is 1. The van der Waals surface area contributed by atoms with Gasteiger partial charge in [0.2, 0.25) is 0 Å². The second-order valence-corrected chi connectivity index (χ2v) is 6.46. The summed E-state index contributed by atoms with van der Waals surface area (Å²) in [5, 5.41) is 0. The van der Waals surface area contributed by atoms with Gasteiger partial charge in [-0.2, -0.15) is 0 Å². The molecule has 1 aromatic rings. The van der Waals surface area contributed by atoms with Crippen LogP contribution in [0.15, 0.2) is 47.9 Å².